The predicted octanol–water partition coefficient (Wildman–Crippen LogP) is 5.20. The largest absolute Gasteiger partial charge is 0.486 e. The van der Waals surface area contributed by atoms with Gasteiger partial charge in [-0.25, -0.2) is 4.98 Å². The minimum absolute atomic E-state index is 0.169. The van der Waals surface area contributed by atoms with E-state index in [0.717, 1.165) is 46.6 Å². The van der Waals surface area contributed by atoms with Crippen molar-refractivity contribution in [2.24, 2.45) is 0 Å². The number of nitrogens with zero attached hydrogens (tertiary/aromatic N) is 2. The lowest BCUT2D eigenvalue weighted by Gasteiger charge is -2.26. The predicted molar refractivity (Wildman–Crippen MR) is 112 cm³/mol. The Kier molecular flexibility index (Phi) is 4.96. The molecule has 5 rings (SSSR count). The molecule has 0 saturated heterocycles. The zero-order valence-electron chi connectivity index (χ0n) is 16.8. The number of benzene rings is 2. The van der Waals surface area contributed by atoms with E-state index in [-0.39, 0.29) is 6.10 Å². The van der Waals surface area contributed by atoms with Gasteiger partial charge in [0, 0.05) is 5.92 Å². The number of fused-ring (bicyclic) bond motifs is 2. The summed E-state index contributed by atoms with van der Waals surface area (Å²) in [4.78, 5) is 9.78. The lowest BCUT2D eigenvalue weighted by molar-refractivity contribution is 0.0525. The SMILES string of the molecule is Cc1cccc2nc(C3CCCCC3)nc(OCC3COc4ccccc4O3)c12. The number of para-hydroxylation sites is 2. The molecule has 1 aliphatic carbocycles. The summed E-state index contributed by atoms with van der Waals surface area (Å²) in [5.74, 6) is 3.56. The summed E-state index contributed by atoms with van der Waals surface area (Å²) in [6, 6.07) is 13.9. The number of hydrogen-bond donors (Lipinski definition) is 0. The van der Waals surface area contributed by atoms with Crippen molar-refractivity contribution in [3.8, 4) is 17.4 Å². The van der Waals surface area contributed by atoms with Gasteiger partial charge in [0.1, 0.15) is 19.0 Å². The molecule has 2 aromatic carbocycles. The molecular weight excluding hydrogens is 364 g/mol. The first-order valence-electron chi connectivity index (χ1n) is 10.6. The Balaban J connectivity index is 1.41. The Bertz CT molecular complexity index is 1010. The van der Waals surface area contributed by atoms with Gasteiger partial charge < -0.3 is 14.2 Å². The maximum atomic E-state index is 6.23. The van der Waals surface area contributed by atoms with Crippen molar-refractivity contribution in [2.45, 2.75) is 51.0 Å². The van der Waals surface area contributed by atoms with Gasteiger partial charge in [0.05, 0.1) is 10.9 Å². The van der Waals surface area contributed by atoms with Crippen LogP contribution in [-0.2, 0) is 0 Å². The fraction of sp³-hybridized carbons (Fsp3) is 0.417. The fourth-order valence-corrected chi connectivity index (χ4v) is 4.30. The third-order valence-electron chi connectivity index (χ3n) is 5.86. The molecule has 5 nitrogen and oxygen atoms in total. The average Bonchev–Trinajstić information content (AvgIpc) is 2.78. The number of rotatable bonds is 4. The minimum Gasteiger partial charge on any atom is -0.486 e. The van der Waals surface area contributed by atoms with Crippen molar-refractivity contribution < 1.29 is 14.2 Å². The average molecular weight is 390 g/mol. The van der Waals surface area contributed by atoms with Gasteiger partial charge in [0.25, 0.3) is 0 Å². The monoisotopic (exact) mass is 390 g/mol. The second-order valence-corrected chi connectivity index (χ2v) is 8.00. The van der Waals surface area contributed by atoms with Gasteiger partial charge in [-0.2, -0.15) is 4.98 Å². The molecule has 1 atom stereocenters. The van der Waals surface area contributed by atoms with E-state index in [1.807, 2.05) is 30.3 Å². The first-order chi connectivity index (χ1) is 14.3. The Morgan fingerprint density at radius 1 is 0.966 bits per heavy atom. The number of aryl methyl sites for hydroxylation is 1. The van der Waals surface area contributed by atoms with Gasteiger partial charge in [-0.1, -0.05) is 43.5 Å². The summed E-state index contributed by atoms with van der Waals surface area (Å²) >= 11 is 0. The Labute approximate surface area is 171 Å². The van der Waals surface area contributed by atoms with Crippen LogP contribution in [0.25, 0.3) is 10.9 Å². The molecule has 0 N–H and O–H groups in total. The molecule has 2 heterocycles. The van der Waals surface area contributed by atoms with Crippen LogP contribution < -0.4 is 14.2 Å². The molecule has 0 radical (unpaired) electrons. The molecule has 0 spiro atoms. The van der Waals surface area contributed by atoms with Gasteiger partial charge in [-0.05, 0) is 43.5 Å². The minimum atomic E-state index is -0.169. The summed E-state index contributed by atoms with van der Waals surface area (Å²) in [5, 5.41) is 0.990. The van der Waals surface area contributed by atoms with Crippen molar-refractivity contribution in [1.82, 2.24) is 9.97 Å². The standard InChI is InChI=1S/C24H26N2O3/c1-16-8-7-11-19-22(16)24(26-23(25-19)17-9-3-2-4-10-17)28-15-18-14-27-20-12-5-6-13-21(20)29-18/h5-8,11-13,17-18H,2-4,9-10,14-15H2,1H3. The fourth-order valence-electron chi connectivity index (χ4n) is 4.30. The third kappa shape index (κ3) is 3.74. The van der Waals surface area contributed by atoms with E-state index in [1.165, 1.54) is 19.3 Å². The van der Waals surface area contributed by atoms with Crippen molar-refractivity contribution in [2.75, 3.05) is 13.2 Å². The van der Waals surface area contributed by atoms with Gasteiger partial charge in [0.2, 0.25) is 5.88 Å². The smallest absolute Gasteiger partial charge is 0.225 e. The van der Waals surface area contributed by atoms with Crippen LogP contribution in [0.4, 0.5) is 0 Å². The van der Waals surface area contributed by atoms with Crippen molar-refractivity contribution in [3.63, 3.8) is 0 Å². The molecule has 3 aromatic rings. The Hall–Kier alpha value is -2.82. The van der Waals surface area contributed by atoms with Crippen molar-refractivity contribution in [1.29, 1.82) is 0 Å². The Morgan fingerprint density at radius 3 is 2.66 bits per heavy atom. The molecule has 5 heteroatoms. The van der Waals surface area contributed by atoms with Crippen LogP contribution in [0.15, 0.2) is 42.5 Å². The zero-order valence-corrected chi connectivity index (χ0v) is 16.8. The lowest BCUT2D eigenvalue weighted by atomic mass is 9.88. The topological polar surface area (TPSA) is 53.5 Å². The van der Waals surface area contributed by atoms with E-state index in [2.05, 4.69) is 19.1 Å². The van der Waals surface area contributed by atoms with Crippen LogP contribution in [0.1, 0.15) is 49.4 Å². The molecule has 1 aromatic heterocycles. The Morgan fingerprint density at radius 2 is 1.79 bits per heavy atom. The molecule has 1 unspecified atom stereocenters. The molecule has 0 amide bonds. The van der Waals surface area contributed by atoms with E-state index in [0.29, 0.717) is 25.0 Å². The first kappa shape index (κ1) is 18.2. The second-order valence-electron chi connectivity index (χ2n) is 8.00. The van der Waals surface area contributed by atoms with Crippen LogP contribution >= 0.6 is 0 Å². The molecule has 1 fully saturated rings. The molecule has 2 aliphatic rings. The van der Waals surface area contributed by atoms with E-state index in [9.17, 15) is 0 Å². The molecular formula is C24H26N2O3. The van der Waals surface area contributed by atoms with Crippen molar-refractivity contribution in [3.05, 3.63) is 53.9 Å². The number of aromatic nitrogens is 2. The van der Waals surface area contributed by atoms with Gasteiger partial charge in [-0.15, -0.1) is 0 Å². The van der Waals surface area contributed by atoms with Gasteiger partial charge in [0.15, 0.2) is 17.6 Å². The summed E-state index contributed by atoms with van der Waals surface area (Å²) in [6.07, 6.45) is 5.97. The van der Waals surface area contributed by atoms with E-state index < -0.39 is 0 Å². The van der Waals surface area contributed by atoms with Gasteiger partial charge in [-0.3, -0.25) is 0 Å². The quantitative estimate of drug-likeness (QED) is 0.612. The van der Waals surface area contributed by atoms with Crippen LogP contribution in [0.2, 0.25) is 0 Å². The highest BCUT2D eigenvalue weighted by Crippen LogP contribution is 2.35. The first-order valence-corrected chi connectivity index (χ1v) is 10.6. The number of ether oxygens (including phenoxy) is 3. The maximum Gasteiger partial charge on any atom is 0.225 e. The van der Waals surface area contributed by atoms with Crippen LogP contribution in [0.3, 0.4) is 0 Å². The van der Waals surface area contributed by atoms with Crippen LogP contribution in [0, 0.1) is 6.92 Å². The van der Waals surface area contributed by atoms with Crippen molar-refractivity contribution >= 4 is 10.9 Å². The van der Waals surface area contributed by atoms with Crippen LogP contribution in [-0.4, -0.2) is 29.3 Å². The van der Waals surface area contributed by atoms with E-state index in [1.54, 1.807) is 0 Å². The molecule has 0 bridgehead atoms. The highest BCUT2D eigenvalue weighted by atomic mass is 16.6. The number of hydrogen-bond acceptors (Lipinski definition) is 5. The summed E-state index contributed by atoms with van der Waals surface area (Å²) < 4.78 is 18.1. The summed E-state index contributed by atoms with van der Waals surface area (Å²) in [5.41, 5.74) is 2.08. The highest BCUT2D eigenvalue weighted by molar-refractivity contribution is 5.86. The third-order valence-corrected chi connectivity index (χ3v) is 5.86. The second kappa shape index (κ2) is 7.90. The molecule has 29 heavy (non-hydrogen) atoms. The normalized spacial score (nSPS) is 19.3. The molecule has 1 aliphatic heterocycles. The molecule has 150 valence electrons. The van der Waals surface area contributed by atoms with Crippen LogP contribution in [0.5, 0.6) is 17.4 Å². The summed E-state index contributed by atoms with van der Waals surface area (Å²) in [7, 11) is 0. The zero-order chi connectivity index (χ0) is 19.6. The molecule has 1 saturated carbocycles. The van der Waals surface area contributed by atoms with Gasteiger partial charge >= 0.3 is 0 Å². The summed E-state index contributed by atoms with van der Waals surface area (Å²) in [6.45, 7) is 2.93. The van der Waals surface area contributed by atoms with E-state index in [4.69, 9.17) is 24.2 Å². The van der Waals surface area contributed by atoms with E-state index >= 15 is 0 Å². The highest BCUT2D eigenvalue weighted by Gasteiger charge is 2.24. The lowest BCUT2D eigenvalue weighted by Crippen LogP contribution is -2.34. The maximum absolute atomic E-state index is 6.23.